The zero-order chi connectivity index (χ0) is 14.8. The third-order valence-electron chi connectivity index (χ3n) is 3.51. The lowest BCUT2D eigenvalue weighted by Gasteiger charge is -2.15. The number of carbonyl (C=O) groups excluding carboxylic acids is 1. The van der Waals surface area contributed by atoms with Gasteiger partial charge in [0.1, 0.15) is 0 Å². The van der Waals surface area contributed by atoms with Crippen LogP contribution in [0.5, 0.6) is 0 Å². The summed E-state index contributed by atoms with van der Waals surface area (Å²) in [5.41, 5.74) is 3.88. The van der Waals surface area contributed by atoms with Crippen molar-refractivity contribution in [3.63, 3.8) is 0 Å². The highest BCUT2D eigenvalue weighted by Gasteiger charge is 2.06. The maximum absolute atomic E-state index is 11.7. The molecule has 0 atom stereocenters. The van der Waals surface area contributed by atoms with Gasteiger partial charge in [-0.05, 0) is 30.4 Å². The molecule has 1 aromatic rings. The monoisotopic (exact) mass is 276 g/mol. The summed E-state index contributed by atoms with van der Waals surface area (Å²) in [4.78, 5) is 11.7. The second kappa shape index (κ2) is 9.40. The molecule has 112 valence electrons. The summed E-state index contributed by atoms with van der Waals surface area (Å²) in [6, 6.07) is 6.42. The van der Waals surface area contributed by atoms with Crippen molar-refractivity contribution in [2.75, 3.05) is 18.4 Å². The highest BCUT2D eigenvalue weighted by Crippen LogP contribution is 2.22. The van der Waals surface area contributed by atoms with Crippen LogP contribution in [0.3, 0.4) is 0 Å². The van der Waals surface area contributed by atoms with E-state index in [4.69, 9.17) is 0 Å². The molecular weight excluding hydrogens is 248 g/mol. The van der Waals surface area contributed by atoms with Crippen LogP contribution < -0.4 is 10.6 Å². The van der Waals surface area contributed by atoms with Gasteiger partial charge in [-0.15, -0.1) is 0 Å². The number of unbranched alkanes of at least 4 members (excludes halogenated alkanes) is 1. The van der Waals surface area contributed by atoms with Crippen LogP contribution in [0.4, 0.5) is 5.69 Å². The predicted molar refractivity (Wildman–Crippen MR) is 86.2 cm³/mol. The molecule has 1 aromatic carbocycles. The highest BCUT2D eigenvalue weighted by molar-refractivity contribution is 5.76. The van der Waals surface area contributed by atoms with E-state index in [9.17, 15) is 4.79 Å². The molecule has 0 heterocycles. The zero-order valence-corrected chi connectivity index (χ0v) is 13.1. The second-order valence-corrected chi connectivity index (χ2v) is 5.04. The average Bonchev–Trinajstić information content (AvgIpc) is 2.47. The van der Waals surface area contributed by atoms with Crippen molar-refractivity contribution >= 4 is 11.6 Å². The minimum absolute atomic E-state index is 0.137. The van der Waals surface area contributed by atoms with Gasteiger partial charge in [0.25, 0.3) is 0 Å². The van der Waals surface area contributed by atoms with Crippen molar-refractivity contribution in [3.05, 3.63) is 29.3 Å². The van der Waals surface area contributed by atoms with Crippen LogP contribution in [0.2, 0.25) is 0 Å². The molecule has 3 heteroatoms. The van der Waals surface area contributed by atoms with Crippen LogP contribution in [0.1, 0.15) is 51.2 Å². The fourth-order valence-corrected chi connectivity index (χ4v) is 2.26. The van der Waals surface area contributed by atoms with Crippen LogP contribution >= 0.6 is 0 Å². The van der Waals surface area contributed by atoms with E-state index in [0.717, 1.165) is 32.2 Å². The minimum Gasteiger partial charge on any atom is -0.384 e. The number of nitrogens with one attached hydrogen (secondary N) is 2. The van der Waals surface area contributed by atoms with Gasteiger partial charge in [0, 0.05) is 25.2 Å². The molecule has 20 heavy (non-hydrogen) atoms. The Kier molecular flexibility index (Phi) is 7.78. The van der Waals surface area contributed by atoms with Gasteiger partial charge in [0.2, 0.25) is 5.91 Å². The van der Waals surface area contributed by atoms with Gasteiger partial charge in [0.15, 0.2) is 0 Å². The minimum atomic E-state index is 0.137. The molecule has 1 amide bonds. The number of hydrogen-bond donors (Lipinski definition) is 2. The Morgan fingerprint density at radius 1 is 1.05 bits per heavy atom. The number of aryl methyl sites for hydroxylation is 2. The topological polar surface area (TPSA) is 41.1 Å². The van der Waals surface area contributed by atoms with E-state index in [0.29, 0.717) is 13.0 Å². The fraction of sp³-hybridized carbons (Fsp3) is 0.588. The van der Waals surface area contributed by atoms with Gasteiger partial charge < -0.3 is 10.6 Å². The standard InChI is InChI=1S/C17H28N2O/c1-4-7-12-18-16(20)11-13-19-17-14(5-2)9-8-10-15(17)6-3/h8-10,19H,4-7,11-13H2,1-3H3,(H,18,20). The summed E-state index contributed by atoms with van der Waals surface area (Å²) in [6.07, 6.45) is 4.72. The first-order chi connectivity index (χ1) is 9.72. The molecule has 0 saturated carbocycles. The summed E-state index contributed by atoms with van der Waals surface area (Å²) in [5, 5.41) is 6.39. The fourth-order valence-electron chi connectivity index (χ4n) is 2.26. The smallest absolute Gasteiger partial charge is 0.221 e. The maximum Gasteiger partial charge on any atom is 0.221 e. The number of carbonyl (C=O) groups is 1. The first kappa shape index (κ1) is 16.5. The van der Waals surface area contributed by atoms with Crippen molar-refractivity contribution in [2.24, 2.45) is 0 Å². The second-order valence-electron chi connectivity index (χ2n) is 5.04. The molecule has 0 unspecified atom stereocenters. The van der Waals surface area contributed by atoms with E-state index in [-0.39, 0.29) is 5.91 Å². The first-order valence-electron chi connectivity index (χ1n) is 7.84. The van der Waals surface area contributed by atoms with Crippen molar-refractivity contribution in [3.8, 4) is 0 Å². The quantitative estimate of drug-likeness (QED) is 0.677. The normalized spacial score (nSPS) is 10.3. The highest BCUT2D eigenvalue weighted by atomic mass is 16.1. The van der Waals surface area contributed by atoms with Gasteiger partial charge in [0.05, 0.1) is 0 Å². The van der Waals surface area contributed by atoms with E-state index in [1.807, 2.05) is 0 Å². The largest absolute Gasteiger partial charge is 0.384 e. The number of benzene rings is 1. The Hall–Kier alpha value is -1.51. The molecule has 0 aliphatic rings. The van der Waals surface area contributed by atoms with Gasteiger partial charge in [-0.3, -0.25) is 4.79 Å². The number of amides is 1. The molecule has 0 fully saturated rings. The van der Waals surface area contributed by atoms with Crippen LogP contribution in [0, 0.1) is 0 Å². The molecule has 0 aliphatic heterocycles. The third-order valence-corrected chi connectivity index (χ3v) is 3.51. The van der Waals surface area contributed by atoms with E-state index < -0.39 is 0 Å². The molecular formula is C17H28N2O. The van der Waals surface area contributed by atoms with E-state index in [2.05, 4.69) is 49.6 Å². The number of anilines is 1. The molecule has 0 radical (unpaired) electrons. The lowest BCUT2D eigenvalue weighted by Crippen LogP contribution is -2.26. The summed E-state index contributed by atoms with van der Waals surface area (Å²) >= 11 is 0. The SMILES string of the molecule is CCCCNC(=O)CCNc1c(CC)cccc1CC. The first-order valence-corrected chi connectivity index (χ1v) is 7.84. The van der Waals surface area contributed by atoms with Crippen LogP contribution in [0.25, 0.3) is 0 Å². The Labute approximate surface area is 123 Å². The summed E-state index contributed by atoms with van der Waals surface area (Å²) in [6.45, 7) is 7.94. The van der Waals surface area contributed by atoms with E-state index in [1.165, 1.54) is 16.8 Å². The molecule has 0 bridgehead atoms. The maximum atomic E-state index is 11.7. The summed E-state index contributed by atoms with van der Waals surface area (Å²) in [7, 11) is 0. The summed E-state index contributed by atoms with van der Waals surface area (Å²) in [5.74, 6) is 0.137. The van der Waals surface area contributed by atoms with Gasteiger partial charge >= 0.3 is 0 Å². The van der Waals surface area contributed by atoms with Crippen molar-refractivity contribution in [1.82, 2.24) is 5.32 Å². The molecule has 0 aliphatic carbocycles. The molecule has 0 aromatic heterocycles. The zero-order valence-electron chi connectivity index (χ0n) is 13.1. The Balaban J connectivity index is 2.47. The van der Waals surface area contributed by atoms with Crippen LogP contribution in [-0.4, -0.2) is 19.0 Å². The number of para-hydroxylation sites is 1. The Morgan fingerprint density at radius 3 is 2.25 bits per heavy atom. The van der Waals surface area contributed by atoms with Gasteiger partial charge in [-0.25, -0.2) is 0 Å². The van der Waals surface area contributed by atoms with Crippen molar-refractivity contribution in [1.29, 1.82) is 0 Å². The van der Waals surface area contributed by atoms with Crippen LogP contribution in [0.15, 0.2) is 18.2 Å². The number of hydrogen-bond acceptors (Lipinski definition) is 2. The Bertz CT molecular complexity index is 393. The summed E-state index contributed by atoms with van der Waals surface area (Å²) < 4.78 is 0. The van der Waals surface area contributed by atoms with E-state index >= 15 is 0 Å². The van der Waals surface area contributed by atoms with Crippen molar-refractivity contribution < 1.29 is 4.79 Å². The molecule has 0 spiro atoms. The average molecular weight is 276 g/mol. The van der Waals surface area contributed by atoms with Crippen LogP contribution in [-0.2, 0) is 17.6 Å². The van der Waals surface area contributed by atoms with Crippen molar-refractivity contribution in [2.45, 2.75) is 52.9 Å². The lowest BCUT2D eigenvalue weighted by molar-refractivity contribution is -0.120. The Morgan fingerprint density at radius 2 is 1.70 bits per heavy atom. The third kappa shape index (κ3) is 5.24. The lowest BCUT2D eigenvalue weighted by atomic mass is 10.0. The number of rotatable bonds is 9. The van der Waals surface area contributed by atoms with E-state index in [1.54, 1.807) is 0 Å². The molecule has 2 N–H and O–H groups in total. The van der Waals surface area contributed by atoms with Gasteiger partial charge in [-0.1, -0.05) is 45.4 Å². The molecule has 3 nitrogen and oxygen atoms in total. The molecule has 0 saturated heterocycles. The molecule has 1 rings (SSSR count). The van der Waals surface area contributed by atoms with Gasteiger partial charge in [-0.2, -0.15) is 0 Å². The predicted octanol–water partition coefficient (Wildman–Crippen LogP) is 3.53.